The van der Waals surface area contributed by atoms with Gasteiger partial charge in [0.25, 0.3) is 0 Å². The Kier molecular flexibility index (Phi) is 6.05. The molecule has 0 saturated carbocycles. The van der Waals surface area contributed by atoms with Crippen LogP contribution in [0.15, 0.2) is 60.7 Å². The van der Waals surface area contributed by atoms with Crippen molar-refractivity contribution in [1.82, 2.24) is 0 Å². The smallest absolute Gasteiger partial charge is 0.129 e. The van der Waals surface area contributed by atoms with Gasteiger partial charge in [0.2, 0.25) is 0 Å². The zero-order chi connectivity index (χ0) is 22.8. The third kappa shape index (κ3) is 4.73. The molecule has 0 fully saturated rings. The molecule has 0 N–H and O–H groups in total. The van der Waals surface area contributed by atoms with E-state index in [1.54, 1.807) is 0 Å². The first kappa shape index (κ1) is 21.9. The Bertz CT molecular complexity index is 1120. The van der Waals surface area contributed by atoms with Crippen LogP contribution in [0.3, 0.4) is 0 Å². The molecule has 2 aliphatic rings. The van der Waals surface area contributed by atoms with Gasteiger partial charge < -0.3 is 14.2 Å². The van der Waals surface area contributed by atoms with Crippen molar-refractivity contribution in [2.45, 2.75) is 71.0 Å². The van der Waals surface area contributed by atoms with Gasteiger partial charge >= 0.3 is 0 Å². The minimum atomic E-state index is -0.107. The zero-order valence-corrected chi connectivity index (χ0v) is 20.0. The first-order valence-electron chi connectivity index (χ1n) is 12.3. The molecule has 0 saturated heterocycles. The molecule has 0 bridgehead atoms. The fourth-order valence-electron chi connectivity index (χ4n) is 5.03. The van der Waals surface area contributed by atoms with Crippen LogP contribution in [0.5, 0.6) is 17.2 Å². The van der Waals surface area contributed by atoms with Gasteiger partial charge in [-0.05, 0) is 68.4 Å². The second-order valence-electron chi connectivity index (χ2n) is 10.0. The average Bonchev–Trinajstić information content (AvgIpc) is 2.82. The fourth-order valence-corrected chi connectivity index (χ4v) is 5.03. The second kappa shape index (κ2) is 9.13. The lowest BCUT2D eigenvalue weighted by atomic mass is 9.86. The standard InChI is InChI=1S/C30H34O3/c1-4-8-21-11-13-25(28(17-21)31-19-22-9-6-5-7-10-22)24-18-23-12-14-27-26(29(23)32-20-24)15-16-30(2,3)33-27/h5-7,9-14,17,24H,4,8,15-16,18-20H2,1-3H3. The Morgan fingerprint density at radius 2 is 1.85 bits per heavy atom. The number of benzene rings is 3. The van der Waals surface area contributed by atoms with Crippen molar-refractivity contribution in [2.24, 2.45) is 0 Å². The summed E-state index contributed by atoms with van der Waals surface area (Å²) in [5.41, 5.74) is 6.17. The molecular formula is C30H34O3. The van der Waals surface area contributed by atoms with Gasteiger partial charge in [-0.25, -0.2) is 0 Å². The number of aryl methyl sites for hydroxylation is 1. The summed E-state index contributed by atoms with van der Waals surface area (Å²) in [5, 5.41) is 0. The Labute approximate surface area is 197 Å². The van der Waals surface area contributed by atoms with Gasteiger partial charge in [-0.3, -0.25) is 0 Å². The molecule has 1 atom stereocenters. The van der Waals surface area contributed by atoms with Gasteiger partial charge in [0.05, 0.1) is 6.61 Å². The maximum Gasteiger partial charge on any atom is 0.129 e. The molecule has 33 heavy (non-hydrogen) atoms. The molecule has 3 aromatic rings. The number of ether oxygens (including phenoxy) is 3. The lowest BCUT2D eigenvalue weighted by molar-refractivity contribution is 0.0826. The van der Waals surface area contributed by atoms with Crippen LogP contribution in [-0.2, 0) is 25.9 Å². The highest BCUT2D eigenvalue weighted by Crippen LogP contribution is 2.45. The van der Waals surface area contributed by atoms with Crippen molar-refractivity contribution in [3.8, 4) is 17.2 Å². The van der Waals surface area contributed by atoms with E-state index in [4.69, 9.17) is 14.2 Å². The molecule has 0 radical (unpaired) electrons. The average molecular weight is 443 g/mol. The van der Waals surface area contributed by atoms with Crippen molar-refractivity contribution in [3.05, 3.63) is 88.5 Å². The van der Waals surface area contributed by atoms with Crippen LogP contribution in [0.2, 0.25) is 0 Å². The summed E-state index contributed by atoms with van der Waals surface area (Å²) in [4.78, 5) is 0. The van der Waals surface area contributed by atoms with E-state index in [0.717, 1.165) is 49.4 Å². The molecule has 2 heterocycles. The molecule has 3 nitrogen and oxygen atoms in total. The summed E-state index contributed by atoms with van der Waals surface area (Å²) in [7, 11) is 0. The first-order chi connectivity index (χ1) is 16.0. The van der Waals surface area contributed by atoms with E-state index in [9.17, 15) is 0 Å². The summed E-state index contributed by atoms with van der Waals surface area (Å²) < 4.78 is 19.0. The summed E-state index contributed by atoms with van der Waals surface area (Å²) in [6.07, 6.45) is 5.17. The Morgan fingerprint density at radius 3 is 2.67 bits per heavy atom. The molecule has 1 unspecified atom stereocenters. The molecule has 0 amide bonds. The normalized spacial score (nSPS) is 18.5. The summed E-state index contributed by atoms with van der Waals surface area (Å²) in [6, 6.07) is 21.5. The van der Waals surface area contributed by atoms with Gasteiger partial charge in [-0.2, -0.15) is 0 Å². The van der Waals surface area contributed by atoms with Crippen molar-refractivity contribution in [1.29, 1.82) is 0 Å². The van der Waals surface area contributed by atoms with Crippen LogP contribution in [-0.4, -0.2) is 12.2 Å². The molecule has 2 aliphatic heterocycles. The van der Waals surface area contributed by atoms with E-state index >= 15 is 0 Å². The Hall–Kier alpha value is -2.94. The molecule has 5 rings (SSSR count). The van der Waals surface area contributed by atoms with Gasteiger partial charge in [0.15, 0.2) is 0 Å². The van der Waals surface area contributed by atoms with Crippen molar-refractivity contribution in [3.63, 3.8) is 0 Å². The maximum atomic E-state index is 6.42. The Balaban J connectivity index is 1.40. The summed E-state index contributed by atoms with van der Waals surface area (Å²) in [6.45, 7) is 7.78. The van der Waals surface area contributed by atoms with Crippen LogP contribution in [0.25, 0.3) is 0 Å². The highest BCUT2D eigenvalue weighted by Gasteiger charge is 2.32. The monoisotopic (exact) mass is 442 g/mol. The number of fused-ring (bicyclic) bond motifs is 3. The van der Waals surface area contributed by atoms with Crippen LogP contribution in [0.4, 0.5) is 0 Å². The number of hydrogen-bond acceptors (Lipinski definition) is 3. The van der Waals surface area contributed by atoms with Gasteiger partial charge in [-0.15, -0.1) is 0 Å². The van der Waals surface area contributed by atoms with Crippen LogP contribution >= 0.6 is 0 Å². The molecule has 0 aromatic heterocycles. The largest absolute Gasteiger partial charge is 0.492 e. The third-order valence-corrected chi connectivity index (χ3v) is 6.85. The summed E-state index contributed by atoms with van der Waals surface area (Å²) >= 11 is 0. The second-order valence-corrected chi connectivity index (χ2v) is 10.0. The number of rotatable bonds is 6. The van der Waals surface area contributed by atoms with E-state index in [1.165, 1.54) is 27.8 Å². The van der Waals surface area contributed by atoms with Crippen molar-refractivity contribution in [2.75, 3.05) is 6.61 Å². The lowest BCUT2D eigenvalue weighted by Crippen LogP contribution is -2.33. The predicted molar refractivity (Wildman–Crippen MR) is 133 cm³/mol. The van der Waals surface area contributed by atoms with Gasteiger partial charge in [0, 0.05) is 17.0 Å². The minimum absolute atomic E-state index is 0.107. The maximum absolute atomic E-state index is 6.42. The molecule has 172 valence electrons. The predicted octanol–water partition coefficient (Wildman–Crippen LogP) is 7.04. The molecule has 0 spiro atoms. The fraction of sp³-hybridized carbons (Fsp3) is 0.400. The zero-order valence-electron chi connectivity index (χ0n) is 20.0. The van der Waals surface area contributed by atoms with Crippen LogP contribution < -0.4 is 14.2 Å². The highest BCUT2D eigenvalue weighted by atomic mass is 16.5. The van der Waals surface area contributed by atoms with E-state index in [2.05, 4.69) is 75.4 Å². The topological polar surface area (TPSA) is 27.7 Å². The quantitative estimate of drug-likeness (QED) is 0.410. The van der Waals surface area contributed by atoms with Crippen LogP contribution in [0.1, 0.15) is 67.3 Å². The van der Waals surface area contributed by atoms with Gasteiger partial charge in [0.1, 0.15) is 29.5 Å². The molecule has 3 heteroatoms. The molecule has 3 aromatic carbocycles. The third-order valence-electron chi connectivity index (χ3n) is 6.85. The Morgan fingerprint density at radius 1 is 1.00 bits per heavy atom. The van der Waals surface area contributed by atoms with E-state index in [-0.39, 0.29) is 11.5 Å². The van der Waals surface area contributed by atoms with Crippen molar-refractivity contribution >= 4 is 0 Å². The van der Waals surface area contributed by atoms with E-state index < -0.39 is 0 Å². The van der Waals surface area contributed by atoms with Gasteiger partial charge in [-0.1, -0.05) is 61.9 Å². The molecule has 0 aliphatic carbocycles. The highest BCUT2D eigenvalue weighted by molar-refractivity contribution is 5.54. The number of hydrogen-bond donors (Lipinski definition) is 0. The minimum Gasteiger partial charge on any atom is -0.492 e. The van der Waals surface area contributed by atoms with Crippen molar-refractivity contribution < 1.29 is 14.2 Å². The summed E-state index contributed by atoms with van der Waals surface area (Å²) in [5.74, 6) is 3.30. The lowest BCUT2D eigenvalue weighted by Gasteiger charge is -2.36. The van der Waals surface area contributed by atoms with Crippen LogP contribution in [0, 0.1) is 0 Å². The van der Waals surface area contributed by atoms with E-state index in [0.29, 0.717) is 13.2 Å². The first-order valence-corrected chi connectivity index (χ1v) is 12.3. The SMILES string of the molecule is CCCc1ccc(C2COc3c(ccc4c3CCC(C)(C)O4)C2)c(OCc2ccccc2)c1. The van der Waals surface area contributed by atoms with E-state index in [1.807, 2.05) is 6.07 Å². The molecular weight excluding hydrogens is 408 g/mol.